The minimum atomic E-state index is 0.625. The van der Waals surface area contributed by atoms with Crippen LogP contribution in [-0.4, -0.2) is 6.61 Å². The minimum absolute atomic E-state index is 0.625. The van der Waals surface area contributed by atoms with Gasteiger partial charge in [-0.15, -0.1) is 0 Å². The third-order valence-corrected chi connectivity index (χ3v) is 1.99. The largest absolute Gasteiger partial charge is 0.501 e. The fourth-order valence-corrected chi connectivity index (χ4v) is 1.08. The lowest BCUT2D eigenvalue weighted by molar-refractivity contribution is 0.208. The van der Waals surface area contributed by atoms with Crippen molar-refractivity contribution in [3.05, 3.63) is 11.8 Å². The van der Waals surface area contributed by atoms with Gasteiger partial charge in [-0.05, 0) is 30.8 Å². The highest BCUT2D eigenvalue weighted by Crippen LogP contribution is 2.11. The molecule has 0 rings (SSSR count). The molecule has 0 radical (unpaired) electrons. The van der Waals surface area contributed by atoms with Gasteiger partial charge in [0.15, 0.2) is 0 Å². The first-order chi connectivity index (χ1) is 6.20. The summed E-state index contributed by atoms with van der Waals surface area (Å²) in [4.78, 5) is 0. The predicted octanol–water partition coefficient (Wildman–Crippen LogP) is 4.14. The Bertz CT molecular complexity index is 136. The average Bonchev–Trinajstić information content (AvgIpc) is 2.10. The van der Waals surface area contributed by atoms with Crippen LogP contribution in [0.15, 0.2) is 11.8 Å². The van der Waals surface area contributed by atoms with Gasteiger partial charge in [-0.3, -0.25) is 0 Å². The molecule has 78 valence electrons. The van der Waals surface area contributed by atoms with Crippen molar-refractivity contribution in [3.8, 4) is 0 Å². The first kappa shape index (κ1) is 12.5. The van der Waals surface area contributed by atoms with E-state index in [0.717, 1.165) is 13.0 Å². The van der Waals surface area contributed by atoms with Crippen LogP contribution in [0.2, 0.25) is 0 Å². The van der Waals surface area contributed by atoms with Crippen LogP contribution in [0, 0.1) is 5.92 Å². The Morgan fingerprint density at radius 1 is 1.31 bits per heavy atom. The summed E-state index contributed by atoms with van der Waals surface area (Å²) in [5.41, 5.74) is 1.45. The van der Waals surface area contributed by atoms with Gasteiger partial charge in [0, 0.05) is 0 Å². The third kappa shape index (κ3) is 7.89. The molecule has 0 aliphatic heterocycles. The third-order valence-electron chi connectivity index (χ3n) is 1.99. The zero-order chi connectivity index (χ0) is 10.1. The van der Waals surface area contributed by atoms with E-state index in [9.17, 15) is 0 Å². The van der Waals surface area contributed by atoms with E-state index in [-0.39, 0.29) is 0 Å². The predicted molar refractivity (Wildman–Crippen MR) is 58.7 cm³/mol. The summed E-state index contributed by atoms with van der Waals surface area (Å²) in [5.74, 6) is 0.625. The van der Waals surface area contributed by atoms with Gasteiger partial charge in [0.05, 0.1) is 12.9 Å². The monoisotopic (exact) mass is 184 g/mol. The van der Waals surface area contributed by atoms with Crippen molar-refractivity contribution < 1.29 is 4.74 Å². The molecule has 0 fully saturated rings. The van der Waals surface area contributed by atoms with E-state index in [1.165, 1.54) is 24.8 Å². The normalized spacial score (nSPS) is 12.2. The Morgan fingerprint density at radius 3 is 2.46 bits per heavy atom. The molecule has 1 heteroatoms. The highest BCUT2D eigenvalue weighted by Gasteiger charge is 1.95. The van der Waals surface area contributed by atoms with Crippen LogP contribution in [0.1, 0.15) is 53.4 Å². The van der Waals surface area contributed by atoms with E-state index in [0.29, 0.717) is 5.92 Å². The molecule has 0 N–H and O–H groups in total. The standard InChI is InChI=1S/C12H24O/c1-5-7-8-12(6-2)10-13-9-11(3)4/h10-11H,5-9H2,1-4H3/b12-10+. The molecule has 0 unspecified atom stereocenters. The molecular weight excluding hydrogens is 160 g/mol. The molecule has 13 heavy (non-hydrogen) atoms. The molecule has 0 spiro atoms. The van der Waals surface area contributed by atoms with Crippen LogP contribution in [0.5, 0.6) is 0 Å². The Labute approximate surface area is 83.2 Å². The summed E-state index contributed by atoms with van der Waals surface area (Å²) in [7, 11) is 0. The Morgan fingerprint density at radius 2 is 2.00 bits per heavy atom. The second kappa shape index (κ2) is 8.15. The van der Waals surface area contributed by atoms with Crippen LogP contribution < -0.4 is 0 Å². The first-order valence-electron chi connectivity index (χ1n) is 5.50. The fraction of sp³-hybridized carbons (Fsp3) is 0.833. The molecule has 0 aromatic carbocycles. The van der Waals surface area contributed by atoms with Crippen molar-refractivity contribution in [2.45, 2.75) is 53.4 Å². The van der Waals surface area contributed by atoms with Crippen molar-refractivity contribution in [2.75, 3.05) is 6.61 Å². The van der Waals surface area contributed by atoms with Gasteiger partial charge >= 0.3 is 0 Å². The summed E-state index contributed by atoms with van der Waals surface area (Å²) in [6, 6.07) is 0. The molecule has 0 amide bonds. The number of hydrogen-bond donors (Lipinski definition) is 0. The summed E-state index contributed by atoms with van der Waals surface area (Å²) < 4.78 is 5.48. The van der Waals surface area contributed by atoms with Gasteiger partial charge in [0.25, 0.3) is 0 Å². The van der Waals surface area contributed by atoms with Crippen LogP contribution >= 0.6 is 0 Å². The van der Waals surface area contributed by atoms with Gasteiger partial charge < -0.3 is 4.74 Å². The number of rotatable bonds is 7. The Hall–Kier alpha value is -0.460. The van der Waals surface area contributed by atoms with E-state index in [2.05, 4.69) is 27.7 Å². The lowest BCUT2D eigenvalue weighted by Gasteiger charge is -2.07. The molecular formula is C12H24O. The van der Waals surface area contributed by atoms with E-state index >= 15 is 0 Å². The maximum atomic E-state index is 5.48. The Kier molecular flexibility index (Phi) is 7.86. The molecule has 0 aromatic heterocycles. The number of unbranched alkanes of at least 4 members (excludes halogenated alkanes) is 1. The summed E-state index contributed by atoms with van der Waals surface area (Å²) in [5, 5.41) is 0. The van der Waals surface area contributed by atoms with Crippen LogP contribution in [0.25, 0.3) is 0 Å². The van der Waals surface area contributed by atoms with Gasteiger partial charge in [-0.1, -0.05) is 34.1 Å². The van der Waals surface area contributed by atoms with E-state index < -0.39 is 0 Å². The topological polar surface area (TPSA) is 9.23 Å². The van der Waals surface area contributed by atoms with Gasteiger partial charge in [0.1, 0.15) is 0 Å². The quantitative estimate of drug-likeness (QED) is 0.540. The molecule has 0 bridgehead atoms. The van der Waals surface area contributed by atoms with Crippen molar-refractivity contribution >= 4 is 0 Å². The second-order valence-corrected chi connectivity index (χ2v) is 3.96. The van der Waals surface area contributed by atoms with Crippen molar-refractivity contribution in [3.63, 3.8) is 0 Å². The number of ether oxygens (including phenoxy) is 1. The van der Waals surface area contributed by atoms with E-state index in [1.54, 1.807) is 0 Å². The smallest absolute Gasteiger partial charge is 0.0896 e. The maximum absolute atomic E-state index is 5.48. The maximum Gasteiger partial charge on any atom is 0.0896 e. The molecule has 0 atom stereocenters. The molecule has 1 nitrogen and oxygen atoms in total. The summed E-state index contributed by atoms with van der Waals surface area (Å²) in [6.07, 6.45) is 6.84. The SMILES string of the molecule is CCCC/C(=C/OCC(C)C)CC. The highest BCUT2D eigenvalue weighted by atomic mass is 16.5. The number of allylic oxidation sites excluding steroid dienone is 1. The molecule has 0 aliphatic rings. The summed E-state index contributed by atoms with van der Waals surface area (Å²) >= 11 is 0. The Balaban J connectivity index is 3.64. The lowest BCUT2D eigenvalue weighted by atomic mass is 10.1. The zero-order valence-corrected chi connectivity index (χ0v) is 9.60. The zero-order valence-electron chi connectivity index (χ0n) is 9.60. The number of hydrogen-bond acceptors (Lipinski definition) is 1. The highest BCUT2D eigenvalue weighted by molar-refractivity contribution is 4.96. The van der Waals surface area contributed by atoms with Crippen molar-refractivity contribution in [1.29, 1.82) is 0 Å². The van der Waals surface area contributed by atoms with E-state index in [4.69, 9.17) is 4.74 Å². The minimum Gasteiger partial charge on any atom is -0.501 e. The lowest BCUT2D eigenvalue weighted by Crippen LogP contribution is -1.97. The van der Waals surface area contributed by atoms with Crippen molar-refractivity contribution in [1.82, 2.24) is 0 Å². The van der Waals surface area contributed by atoms with Crippen LogP contribution in [0.4, 0.5) is 0 Å². The molecule has 0 saturated heterocycles. The molecule has 0 heterocycles. The second-order valence-electron chi connectivity index (χ2n) is 3.96. The first-order valence-corrected chi connectivity index (χ1v) is 5.50. The van der Waals surface area contributed by atoms with Crippen LogP contribution in [-0.2, 0) is 4.74 Å². The van der Waals surface area contributed by atoms with E-state index in [1.807, 2.05) is 6.26 Å². The van der Waals surface area contributed by atoms with Gasteiger partial charge in [0.2, 0.25) is 0 Å². The van der Waals surface area contributed by atoms with Crippen LogP contribution in [0.3, 0.4) is 0 Å². The van der Waals surface area contributed by atoms with Crippen molar-refractivity contribution in [2.24, 2.45) is 5.92 Å². The summed E-state index contributed by atoms with van der Waals surface area (Å²) in [6.45, 7) is 9.61. The molecule has 0 saturated carbocycles. The molecule has 0 aromatic rings. The molecule has 0 aliphatic carbocycles. The van der Waals surface area contributed by atoms with Gasteiger partial charge in [-0.25, -0.2) is 0 Å². The fourth-order valence-electron chi connectivity index (χ4n) is 1.08. The van der Waals surface area contributed by atoms with Gasteiger partial charge in [-0.2, -0.15) is 0 Å². The average molecular weight is 184 g/mol.